The van der Waals surface area contributed by atoms with Crippen LogP contribution in [0.15, 0.2) is 64.4 Å². The molecule has 4 aromatic rings. The molecule has 12 heteroatoms. The van der Waals surface area contributed by atoms with Gasteiger partial charge in [-0.1, -0.05) is 6.07 Å². The number of piperidine rings is 1. The minimum Gasteiger partial charge on any atom is -0.493 e. The molecule has 0 atom stereocenters. The average molecular weight is 588 g/mol. The molecule has 1 fully saturated rings. The van der Waals surface area contributed by atoms with Gasteiger partial charge in [0.25, 0.3) is 0 Å². The van der Waals surface area contributed by atoms with Crippen LogP contribution in [0.4, 0.5) is 5.82 Å². The number of anilines is 1. The molecule has 0 amide bonds. The molecule has 1 saturated heterocycles. The minimum atomic E-state index is -3.67. The number of benzene rings is 1. The van der Waals surface area contributed by atoms with Gasteiger partial charge in [-0.3, -0.25) is 4.98 Å². The molecule has 194 valence electrons. The van der Waals surface area contributed by atoms with Gasteiger partial charge in [-0.15, -0.1) is 0 Å². The minimum absolute atomic E-state index is 0.114. The van der Waals surface area contributed by atoms with Crippen LogP contribution in [-0.2, 0) is 16.6 Å². The van der Waals surface area contributed by atoms with Gasteiger partial charge >= 0.3 is 0 Å². The number of methoxy groups -OCH3 is 2. The number of hydrogen-bond acceptors (Lipinski definition) is 8. The van der Waals surface area contributed by atoms with Crippen LogP contribution in [0, 0.1) is 0 Å². The van der Waals surface area contributed by atoms with Crippen LogP contribution in [0.1, 0.15) is 30.0 Å². The number of ether oxygens (including phenoxy) is 2. The molecule has 1 aliphatic heterocycles. The van der Waals surface area contributed by atoms with Crippen LogP contribution in [0.3, 0.4) is 0 Å². The summed E-state index contributed by atoms with van der Waals surface area (Å²) >= 11 is 3.55. The number of halogens is 1. The van der Waals surface area contributed by atoms with Crippen molar-refractivity contribution in [1.82, 2.24) is 23.9 Å². The fourth-order valence-electron chi connectivity index (χ4n) is 4.50. The Hall–Kier alpha value is -3.22. The lowest BCUT2D eigenvalue weighted by Gasteiger charge is -2.31. The zero-order chi connectivity index (χ0) is 26.0. The largest absolute Gasteiger partial charge is 0.493 e. The van der Waals surface area contributed by atoms with Gasteiger partial charge < -0.3 is 14.8 Å². The van der Waals surface area contributed by atoms with Crippen molar-refractivity contribution in [3.05, 3.63) is 70.7 Å². The molecule has 5 rings (SSSR count). The number of sulfonamides is 1. The monoisotopic (exact) mass is 586 g/mol. The van der Waals surface area contributed by atoms with Crippen LogP contribution < -0.4 is 14.8 Å². The molecule has 1 aliphatic rings. The third kappa shape index (κ3) is 5.13. The normalized spacial score (nSPS) is 15.1. The number of hydrogen-bond donors (Lipinski definition) is 1. The zero-order valence-electron chi connectivity index (χ0n) is 20.5. The first-order chi connectivity index (χ1) is 17.9. The fourth-order valence-corrected chi connectivity index (χ4v) is 6.34. The quantitative estimate of drug-likeness (QED) is 0.329. The van der Waals surface area contributed by atoms with Crippen molar-refractivity contribution < 1.29 is 17.9 Å². The van der Waals surface area contributed by atoms with Crippen LogP contribution in [0.25, 0.3) is 5.65 Å². The number of nitrogens with one attached hydrogen (secondary N) is 1. The molecule has 3 aromatic heterocycles. The van der Waals surface area contributed by atoms with Crippen molar-refractivity contribution in [2.75, 3.05) is 32.6 Å². The first-order valence-corrected chi connectivity index (χ1v) is 14.0. The topological polar surface area (TPSA) is 111 Å². The lowest BCUT2D eigenvalue weighted by atomic mass is 9.94. The highest BCUT2D eigenvalue weighted by atomic mass is 79.9. The van der Waals surface area contributed by atoms with E-state index in [9.17, 15) is 8.42 Å². The van der Waals surface area contributed by atoms with Crippen molar-refractivity contribution >= 4 is 37.4 Å². The SMILES string of the molecule is COc1ccc(S(=O)(=O)N2CCC(c3cc(NCc4cccnc4)n4ncc(Br)c4n3)CC2)cc1OC. The summed E-state index contributed by atoms with van der Waals surface area (Å²) in [6, 6.07) is 10.6. The molecule has 0 unspecified atom stereocenters. The van der Waals surface area contributed by atoms with Gasteiger partial charge in [-0.05, 0) is 52.5 Å². The maximum atomic E-state index is 13.3. The molecule has 1 aromatic carbocycles. The van der Waals surface area contributed by atoms with Crippen LogP contribution >= 0.6 is 15.9 Å². The summed E-state index contributed by atoms with van der Waals surface area (Å²) in [5, 5.41) is 7.89. The van der Waals surface area contributed by atoms with E-state index in [0.717, 1.165) is 21.5 Å². The second-order valence-corrected chi connectivity index (χ2v) is 11.5. The Morgan fingerprint density at radius 3 is 2.57 bits per heavy atom. The lowest BCUT2D eigenvalue weighted by Crippen LogP contribution is -2.38. The van der Waals surface area contributed by atoms with Gasteiger partial charge in [0.2, 0.25) is 10.0 Å². The highest BCUT2D eigenvalue weighted by Gasteiger charge is 2.31. The second-order valence-electron chi connectivity index (χ2n) is 8.70. The predicted octanol–water partition coefficient (Wildman–Crippen LogP) is 4.08. The first-order valence-electron chi connectivity index (χ1n) is 11.8. The Labute approximate surface area is 223 Å². The molecule has 0 saturated carbocycles. The predicted molar refractivity (Wildman–Crippen MR) is 143 cm³/mol. The van der Waals surface area contributed by atoms with Crippen LogP contribution in [0.2, 0.25) is 0 Å². The standard InChI is InChI=1S/C25H27BrN6O4S/c1-35-22-6-5-19(12-23(22)36-2)37(33,34)31-10-7-18(8-11-31)21-13-24(28-15-17-4-3-9-27-14-17)32-25(30-21)20(26)16-29-32/h3-6,9,12-14,16,18,28H,7-8,10-11,15H2,1-2H3. The molecule has 0 aliphatic carbocycles. The maximum absolute atomic E-state index is 13.3. The summed E-state index contributed by atoms with van der Waals surface area (Å²) in [6.07, 6.45) is 6.60. The Morgan fingerprint density at radius 1 is 1.08 bits per heavy atom. The summed E-state index contributed by atoms with van der Waals surface area (Å²) in [6.45, 7) is 1.38. The second kappa shape index (κ2) is 10.6. The van der Waals surface area contributed by atoms with Gasteiger partial charge in [0, 0.05) is 55.8 Å². The number of nitrogens with zero attached hydrogens (tertiary/aromatic N) is 5. The molecular formula is C25H27BrN6O4S. The van der Waals surface area contributed by atoms with E-state index in [0.29, 0.717) is 49.6 Å². The number of aromatic nitrogens is 4. The van der Waals surface area contributed by atoms with E-state index < -0.39 is 10.0 Å². The van der Waals surface area contributed by atoms with Gasteiger partial charge in [-0.25, -0.2) is 13.4 Å². The van der Waals surface area contributed by atoms with E-state index in [1.165, 1.54) is 24.6 Å². The van der Waals surface area contributed by atoms with Gasteiger partial charge in [0.1, 0.15) is 5.82 Å². The van der Waals surface area contributed by atoms with Gasteiger partial charge in [0.05, 0.1) is 29.8 Å². The summed E-state index contributed by atoms with van der Waals surface area (Å²) in [4.78, 5) is 9.22. The number of pyridine rings is 1. The Balaban J connectivity index is 1.35. The van der Waals surface area contributed by atoms with Crippen molar-refractivity contribution in [2.24, 2.45) is 0 Å². The summed E-state index contributed by atoms with van der Waals surface area (Å²) in [5.74, 6) is 1.80. The third-order valence-electron chi connectivity index (χ3n) is 6.51. The smallest absolute Gasteiger partial charge is 0.243 e. The molecule has 1 N–H and O–H groups in total. The molecule has 0 spiro atoms. The van der Waals surface area contributed by atoms with E-state index in [4.69, 9.17) is 14.5 Å². The molecule has 0 radical (unpaired) electrons. The van der Waals surface area contributed by atoms with E-state index in [2.05, 4.69) is 31.3 Å². The van der Waals surface area contributed by atoms with Crippen LogP contribution in [-0.4, -0.2) is 59.6 Å². The van der Waals surface area contributed by atoms with E-state index >= 15 is 0 Å². The Morgan fingerprint density at radius 2 is 1.86 bits per heavy atom. The lowest BCUT2D eigenvalue weighted by molar-refractivity contribution is 0.316. The van der Waals surface area contributed by atoms with Gasteiger partial charge in [-0.2, -0.15) is 13.9 Å². The average Bonchev–Trinajstić information content (AvgIpc) is 3.32. The summed E-state index contributed by atoms with van der Waals surface area (Å²) in [7, 11) is -0.661. The van der Waals surface area contributed by atoms with Crippen molar-refractivity contribution in [2.45, 2.75) is 30.2 Å². The highest BCUT2D eigenvalue weighted by molar-refractivity contribution is 9.10. The van der Waals surface area contributed by atoms with E-state index in [1.807, 2.05) is 24.4 Å². The van der Waals surface area contributed by atoms with Crippen molar-refractivity contribution in [1.29, 1.82) is 0 Å². The molecule has 4 heterocycles. The van der Waals surface area contributed by atoms with E-state index in [-0.39, 0.29) is 10.8 Å². The van der Waals surface area contributed by atoms with Crippen LogP contribution in [0.5, 0.6) is 11.5 Å². The van der Waals surface area contributed by atoms with E-state index in [1.54, 1.807) is 29.0 Å². The van der Waals surface area contributed by atoms with Gasteiger partial charge in [0.15, 0.2) is 17.1 Å². The summed E-state index contributed by atoms with van der Waals surface area (Å²) in [5.41, 5.74) is 2.67. The Bertz CT molecular complexity index is 1500. The summed E-state index contributed by atoms with van der Waals surface area (Å²) < 4.78 is 41.3. The van der Waals surface area contributed by atoms with Crippen molar-refractivity contribution in [3.8, 4) is 11.5 Å². The maximum Gasteiger partial charge on any atom is 0.243 e. The molecule has 10 nitrogen and oxygen atoms in total. The molecule has 0 bridgehead atoms. The third-order valence-corrected chi connectivity index (χ3v) is 8.96. The molecule has 37 heavy (non-hydrogen) atoms. The number of rotatable bonds is 8. The Kier molecular flexibility index (Phi) is 7.31. The fraction of sp³-hybridized carbons (Fsp3) is 0.320. The van der Waals surface area contributed by atoms with Crippen molar-refractivity contribution in [3.63, 3.8) is 0 Å². The highest BCUT2D eigenvalue weighted by Crippen LogP contribution is 2.35. The first kappa shape index (κ1) is 25.4. The molecular weight excluding hydrogens is 560 g/mol. The number of fused-ring (bicyclic) bond motifs is 1. The zero-order valence-corrected chi connectivity index (χ0v) is 22.9.